The number of para-hydroxylation sites is 1. The molecule has 0 bridgehead atoms. The zero-order chi connectivity index (χ0) is 23.7. The second kappa shape index (κ2) is 9.19. The van der Waals surface area contributed by atoms with Gasteiger partial charge in [0.15, 0.2) is 5.54 Å². The summed E-state index contributed by atoms with van der Waals surface area (Å²) in [6.45, 7) is 4.84. The van der Waals surface area contributed by atoms with E-state index >= 15 is 0 Å². The Labute approximate surface area is 202 Å². The summed E-state index contributed by atoms with van der Waals surface area (Å²) >= 11 is 1.58. The SMILES string of the molecule is Cc1nc(CN2C(=O)[C@]3(Cc4ccccc42)N=C(c2ccc(OCCCO)cc2)O[C@@H]3C)cs1. The summed E-state index contributed by atoms with van der Waals surface area (Å²) in [6, 6.07) is 15.5. The molecule has 0 saturated carbocycles. The highest BCUT2D eigenvalue weighted by molar-refractivity contribution is 7.09. The lowest BCUT2D eigenvalue weighted by molar-refractivity contribution is -0.126. The van der Waals surface area contributed by atoms with E-state index in [1.165, 1.54) is 0 Å². The first-order valence-corrected chi connectivity index (χ1v) is 12.3. The van der Waals surface area contributed by atoms with Crippen molar-refractivity contribution in [3.05, 3.63) is 75.7 Å². The molecular formula is C26H27N3O4S. The number of carbonyl (C=O) groups excluding carboxylic acids is 1. The largest absolute Gasteiger partial charge is 0.494 e. The molecule has 1 spiro atoms. The number of rotatable bonds is 7. The highest BCUT2D eigenvalue weighted by Crippen LogP contribution is 2.41. The molecule has 0 fully saturated rings. The summed E-state index contributed by atoms with van der Waals surface area (Å²) in [5.74, 6) is 1.11. The zero-order valence-electron chi connectivity index (χ0n) is 19.2. The molecule has 2 aliphatic heterocycles. The molecular weight excluding hydrogens is 450 g/mol. The average molecular weight is 478 g/mol. The van der Waals surface area contributed by atoms with Crippen molar-refractivity contribution in [1.82, 2.24) is 4.98 Å². The van der Waals surface area contributed by atoms with Crippen molar-refractivity contribution in [2.45, 2.75) is 44.9 Å². The second-order valence-corrected chi connectivity index (χ2v) is 9.67. The Bertz CT molecular complexity index is 1220. The molecule has 3 heterocycles. The fourth-order valence-corrected chi connectivity index (χ4v) is 5.09. The number of aliphatic imine (C=N–C) groups is 1. The maximum atomic E-state index is 14.0. The summed E-state index contributed by atoms with van der Waals surface area (Å²) in [5, 5.41) is 11.9. The first-order chi connectivity index (χ1) is 16.5. The van der Waals surface area contributed by atoms with Gasteiger partial charge in [-0.2, -0.15) is 0 Å². The number of thiazole rings is 1. The van der Waals surface area contributed by atoms with Crippen LogP contribution in [-0.4, -0.2) is 46.8 Å². The summed E-state index contributed by atoms with van der Waals surface area (Å²) in [5.41, 5.74) is 2.62. The first kappa shape index (κ1) is 22.6. The van der Waals surface area contributed by atoms with E-state index in [0.29, 0.717) is 37.6 Å². The number of nitrogens with zero attached hydrogens (tertiary/aromatic N) is 3. The summed E-state index contributed by atoms with van der Waals surface area (Å²) < 4.78 is 11.8. The van der Waals surface area contributed by atoms with Gasteiger partial charge in [-0.15, -0.1) is 11.3 Å². The second-order valence-electron chi connectivity index (χ2n) is 8.61. The number of benzene rings is 2. The zero-order valence-corrected chi connectivity index (χ0v) is 20.0. The highest BCUT2D eigenvalue weighted by atomic mass is 32.1. The van der Waals surface area contributed by atoms with Crippen LogP contribution in [0.15, 0.2) is 58.9 Å². The molecule has 5 rings (SSSR count). The van der Waals surface area contributed by atoms with Gasteiger partial charge in [0.25, 0.3) is 5.91 Å². The Hall–Kier alpha value is -3.23. The van der Waals surface area contributed by atoms with E-state index in [1.54, 1.807) is 16.2 Å². The predicted molar refractivity (Wildman–Crippen MR) is 132 cm³/mol. The van der Waals surface area contributed by atoms with E-state index < -0.39 is 11.6 Å². The van der Waals surface area contributed by atoms with E-state index in [-0.39, 0.29) is 12.5 Å². The maximum Gasteiger partial charge on any atom is 0.259 e. The third kappa shape index (κ3) is 4.08. The molecule has 2 aromatic carbocycles. The number of fused-ring (bicyclic) bond motifs is 1. The molecule has 3 aromatic rings. The third-order valence-electron chi connectivity index (χ3n) is 6.28. The Balaban J connectivity index is 1.46. The van der Waals surface area contributed by atoms with Gasteiger partial charge >= 0.3 is 0 Å². The Morgan fingerprint density at radius 2 is 2.03 bits per heavy atom. The molecule has 2 atom stereocenters. The van der Waals surface area contributed by atoms with Gasteiger partial charge in [0, 0.05) is 36.1 Å². The highest BCUT2D eigenvalue weighted by Gasteiger charge is 2.55. The van der Waals surface area contributed by atoms with Crippen LogP contribution in [0.5, 0.6) is 5.75 Å². The van der Waals surface area contributed by atoms with Gasteiger partial charge in [0.2, 0.25) is 5.90 Å². The van der Waals surface area contributed by atoms with E-state index in [9.17, 15) is 4.79 Å². The fourth-order valence-electron chi connectivity index (χ4n) is 4.48. The van der Waals surface area contributed by atoms with E-state index in [1.807, 2.05) is 61.7 Å². The van der Waals surface area contributed by atoms with E-state index in [2.05, 4.69) is 11.1 Å². The molecule has 0 unspecified atom stereocenters. The maximum absolute atomic E-state index is 14.0. The van der Waals surface area contributed by atoms with Crippen molar-refractivity contribution in [3.8, 4) is 5.75 Å². The topological polar surface area (TPSA) is 84.3 Å². The van der Waals surface area contributed by atoms with Crippen LogP contribution in [0.4, 0.5) is 5.69 Å². The van der Waals surface area contributed by atoms with Gasteiger partial charge in [0.1, 0.15) is 11.9 Å². The Morgan fingerprint density at radius 3 is 2.76 bits per heavy atom. The van der Waals surface area contributed by atoms with Crippen LogP contribution in [0, 0.1) is 6.92 Å². The minimum absolute atomic E-state index is 0.0664. The standard InChI is InChI=1S/C26H27N3O4S/c1-17-26(28-24(33-17)19-8-10-22(11-9-19)32-13-5-12-30)14-20-6-3-4-7-23(20)29(25(26)31)15-21-16-34-18(2)27-21/h3-4,6-11,16-17,30H,5,12-15H2,1-2H3/t17-,26-/m1/s1. The van der Waals surface area contributed by atoms with Crippen LogP contribution < -0.4 is 9.64 Å². The predicted octanol–water partition coefficient (Wildman–Crippen LogP) is 3.91. The Kier molecular flexibility index (Phi) is 6.10. The van der Waals surface area contributed by atoms with Gasteiger partial charge in [-0.25, -0.2) is 9.98 Å². The molecule has 0 aliphatic carbocycles. The fraction of sp³-hybridized carbons (Fsp3) is 0.346. The lowest BCUT2D eigenvalue weighted by Crippen LogP contribution is -2.57. The molecule has 0 radical (unpaired) electrons. The van der Waals surface area contributed by atoms with Crippen LogP contribution in [-0.2, 0) is 22.5 Å². The molecule has 2 aliphatic rings. The number of aliphatic hydroxyl groups is 1. The average Bonchev–Trinajstić information content (AvgIpc) is 3.40. The molecule has 0 saturated heterocycles. The summed E-state index contributed by atoms with van der Waals surface area (Å²) in [6.07, 6.45) is 0.656. The number of anilines is 1. The number of hydrogen-bond acceptors (Lipinski definition) is 7. The number of hydrogen-bond donors (Lipinski definition) is 1. The van der Waals surface area contributed by atoms with Crippen LogP contribution in [0.2, 0.25) is 0 Å². The number of amides is 1. The molecule has 7 nitrogen and oxygen atoms in total. The van der Waals surface area contributed by atoms with Crippen LogP contribution in [0.25, 0.3) is 0 Å². The first-order valence-electron chi connectivity index (χ1n) is 11.4. The number of aliphatic hydroxyl groups excluding tert-OH is 1. The van der Waals surface area contributed by atoms with Gasteiger partial charge < -0.3 is 19.5 Å². The lowest BCUT2D eigenvalue weighted by atomic mass is 9.81. The van der Waals surface area contributed by atoms with Gasteiger partial charge in [-0.3, -0.25) is 4.79 Å². The van der Waals surface area contributed by atoms with Crippen molar-refractivity contribution in [2.24, 2.45) is 4.99 Å². The monoisotopic (exact) mass is 477 g/mol. The summed E-state index contributed by atoms with van der Waals surface area (Å²) in [4.78, 5) is 25.3. The molecule has 1 N–H and O–H groups in total. The van der Waals surface area contributed by atoms with E-state index in [0.717, 1.165) is 27.5 Å². The minimum Gasteiger partial charge on any atom is -0.494 e. The van der Waals surface area contributed by atoms with E-state index in [4.69, 9.17) is 19.6 Å². The Morgan fingerprint density at radius 1 is 1.24 bits per heavy atom. The van der Waals surface area contributed by atoms with Crippen molar-refractivity contribution in [3.63, 3.8) is 0 Å². The molecule has 1 aromatic heterocycles. The smallest absolute Gasteiger partial charge is 0.259 e. The molecule has 176 valence electrons. The number of aryl methyl sites for hydroxylation is 1. The van der Waals surface area contributed by atoms with Crippen molar-refractivity contribution < 1.29 is 19.4 Å². The minimum atomic E-state index is -1.02. The third-order valence-corrected chi connectivity index (χ3v) is 7.10. The van der Waals surface area contributed by atoms with Gasteiger partial charge in [-0.05, 0) is 49.7 Å². The quantitative estimate of drug-likeness (QED) is 0.522. The normalized spacial score (nSPS) is 21.4. The lowest BCUT2D eigenvalue weighted by Gasteiger charge is -2.39. The van der Waals surface area contributed by atoms with Crippen molar-refractivity contribution in [1.29, 1.82) is 0 Å². The van der Waals surface area contributed by atoms with Gasteiger partial charge in [-0.1, -0.05) is 18.2 Å². The van der Waals surface area contributed by atoms with Crippen LogP contribution in [0.3, 0.4) is 0 Å². The number of aromatic nitrogens is 1. The number of carbonyl (C=O) groups is 1. The van der Waals surface area contributed by atoms with Crippen molar-refractivity contribution >= 4 is 28.8 Å². The molecule has 34 heavy (non-hydrogen) atoms. The van der Waals surface area contributed by atoms with Crippen molar-refractivity contribution in [2.75, 3.05) is 18.1 Å². The number of ether oxygens (including phenoxy) is 2. The van der Waals surface area contributed by atoms with Crippen LogP contribution in [0.1, 0.15) is 35.2 Å². The van der Waals surface area contributed by atoms with Crippen LogP contribution >= 0.6 is 11.3 Å². The van der Waals surface area contributed by atoms with Gasteiger partial charge in [0.05, 0.1) is 23.9 Å². The summed E-state index contributed by atoms with van der Waals surface area (Å²) in [7, 11) is 0. The molecule has 1 amide bonds. The molecule has 8 heteroatoms.